The third-order valence-electron chi connectivity index (χ3n) is 2.40. The standard InChI is InChI=1S/C10H19N3OS/c1-7-4-12-9(15-5-7)13-6-10(2,3)8(11)14/h7H,4-6H2,1-3H3,(H2,11,14)(H,12,13). The van der Waals surface area contributed by atoms with Gasteiger partial charge in [0.05, 0.1) is 5.41 Å². The van der Waals surface area contributed by atoms with Gasteiger partial charge in [-0.2, -0.15) is 0 Å². The van der Waals surface area contributed by atoms with Gasteiger partial charge in [0.25, 0.3) is 0 Å². The first-order valence-corrected chi connectivity index (χ1v) is 6.11. The molecule has 0 saturated carbocycles. The van der Waals surface area contributed by atoms with Gasteiger partial charge in [-0.05, 0) is 19.8 Å². The highest BCUT2D eigenvalue weighted by Crippen LogP contribution is 2.17. The second kappa shape index (κ2) is 4.88. The lowest BCUT2D eigenvalue weighted by Gasteiger charge is -2.24. The molecule has 0 aliphatic carbocycles. The molecule has 1 rings (SSSR count). The molecule has 0 radical (unpaired) electrons. The van der Waals surface area contributed by atoms with E-state index in [1.54, 1.807) is 11.8 Å². The molecular weight excluding hydrogens is 210 g/mol. The summed E-state index contributed by atoms with van der Waals surface area (Å²) in [7, 11) is 0. The van der Waals surface area contributed by atoms with E-state index < -0.39 is 5.41 Å². The van der Waals surface area contributed by atoms with Crippen molar-refractivity contribution in [3.63, 3.8) is 0 Å². The molecule has 0 saturated heterocycles. The Morgan fingerprint density at radius 2 is 2.40 bits per heavy atom. The van der Waals surface area contributed by atoms with E-state index in [2.05, 4.69) is 17.2 Å². The van der Waals surface area contributed by atoms with Gasteiger partial charge in [0.15, 0.2) is 5.17 Å². The molecule has 1 heterocycles. The molecule has 1 unspecified atom stereocenters. The van der Waals surface area contributed by atoms with Crippen LogP contribution in [0.5, 0.6) is 0 Å². The molecule has 3 N–H and O–H groups in total. The highest BCUT2D eigenvalue weighted by molar-refractivity contribution is 8.13. The number of amides is 1. The summed E-state index contributed by atoms with van der Waals surface area (Å²) < 4.78 is 0. The van der Waals surface area contributed by atoms with Crippen LogP contribution in [0.3, 0.4) is 0 Å². The quantitative estimate of drug-likeness (QED) is 0.753. The Labute approximate surface area is 95.1 Å². The van der Waals surface area contributed by atoms with Gasteiger partial charge in [-0.15, -0.1) is 0 Å². The summed E-state index contributed by atoms with van der Waals surface area (Å²) in [5.74, 6) is 1.44. The maximum absolute atomic E-state index is 11.1. The zero-order chi connectivity index (χ0) is 11.5. The Hall–Kier alpha value is -0.710. The maximum atomic E-state index is 11.1. The molecule has 1 amide bonds. The van der Waals surface area contributed by atoms with Crippen molar-refractivity contribution in [2.45, 2.75) is 20.8 Å². The summed E-state index contributed by atoms with van der Waals surface area (Å²) in [6.07, 6.45) is 0. The predicted octanol–water partition coefficient (Wildman–Crippen LogP) is 0.826. The molecule has 15 heavy (non-hydrogen) atoms. The molecule has 1 aliphatic rings. The lowest BCUT2D eigenvalue weighted by atomic mass is 9.93. The number of nitrogens with zero attached hydrogens (tertiary/aromatic N) is 1. The van der Waals surface area contributed by atoms with E-state index in [-0.39, 0.29) is 5.91 Å². The van der Waals surface area contributed by atoms with Crippen LogP contribution in [0.25, 0.3) is 0 Å². The minimum absolute atomic E-state index is 0.287. The molecule has 1 atom stereocenters. The van der Waals surface area contributed by atoms with Crippen LogP contribution in [0.15, 0.2) is 4.99 Å². The van der Waals surface area contributed by atoms with E-state index in [1.165, 1.54) is 0 Å². The first-order valence-electron chi connectivity index (χ1n) is 5.13. The normalized spacial score (nSPS) is 22.1. The van der Waals surface area contributed by atoms with Gasteiger partial charge in [0.2, 0.25) is 5.91 Å². The molecule has 0 aromatic heterocycles. The zero-order valence-corrected chi connectivity index (χ0v) is 10.4. The van der Waals surface area contributed by atoms with Gasteiger partial charge in [-0.25, -0.2) is 0 Å². The van der Waals surface area contributed by atoms with Crippen molar-refractivity contribution in [2.75, 3.05) is 18.8 Å². The van der Waals surface area contributed by atoms with Crippen LogP contribution in [0.1, 0.15) is 20.8 Å². The molecule has 86 valence electrons. The van der Waals surface area contributed by atoms with Crippen molar-refractivity contribution >= 4 is 22.8 Å². The number of aliphatic imine (C=N–C) groups is 1. The van der Waals surface area contributed by atoms with Gasteiger partial charge in [-0.1, -0.05) is 18.7 Å². The minimum Gasteiger partial charge on any atom is -0.369 e. The molecule has 5 heteroatoms. The summed E-state index contributed by atoms with van der Waals surface area (Å²) >= 11 is 1.71. The Kier molecular flexibility index (Phi) is 4.02. The van der Waals surface area contributed by atoms with E-state index in [1.807, 2.05) is 13.8 Å². The fourth-order valence-corrected chi connectivity index (χ4v) is 1.94. The molecule has 4 nitrogen and oxygen atoms in total. The molecule has 0 spiro atoms. The van der Waals surface area contributed by atoms with Crippen molar-refractivity contribution in [2.24, 2.45) is 22.1 Å². The first kappa shape index (κ1) is 12.4. The number of carbonyl (C=O) groups excluding carboxylic acids is 1. The van der Waals surface area contributed by atoms with Gasteiger partial charge in [0.1, 0.15) is 0 Å². The van der Waals surface area contributed by atoms with Crippen LogP contribution in [0.2, 0.25) is 0 Å². The van der Waals surface area contributed by atoms with E-state index in [9.17, 15) is 4.79 Å². The number of nitrogens with one attached hydrogen (secondary N) is 1. The molecule has 1 aliphatic heterocycles. The topological polar surface area (TPSA) is 67.5 Å². The van der Waals surface area contributed by atoms with Crippen LogP contribution in [0, 0.1) is 11.3 Å². The summed E-state index contributed by atoms with van der Waals surface area (Å²) in [6.45, 7) is 7.26. The number of hydrogen-bond donors (Lipinski definition) is 2. The van der Waals surface area contributed by atoms with Crippen LogP contribution in [0.4, 0.5) is 0 Å². The summed E-state index contributed by atoms with van der Waals surface area (Å²) in [4.78, 5) is 15.5. The smallest absolute Gasteiger partial charge is 0.224 e. The second-order valence-electron chi connectivity index (χ2n) is 4.66. The average molecular weight is 229 g/mol. The minimum atomic E-state index is -0.522. The highest BCUT2D eigenvalue weighted by atomic mass is 32.2. The molecule has 0 fully saturated rings. The monoisotopic (exact) mass is 229 g/mol. The van der Waals surface area contributed by atoms with E-state index in [0.29, 0.717) is 12.5 Å². The molecule has 0 aromatic rings. The van der Waals surface area contributed by atoms with Crippen LogP contribution >= 0.6 is 11.8 Å². The number of primary amides is 1. The zero-order valence-electron chi connectivity index (χ0n) is 9.54. The van der Waals surface area contributed by atoms with Crippen molar-refractivity contribution in [3.05, 3.63) is 0 Å². The Morgan fingerprint density at radius 3 is 2.87 bits per heavy atom. The fourth-order valence-electron chi connectivity index (χ4n) is 1.05. The van der Waals surface area contributed by atoms with Gasteiger partial charge >= 0.3 is 0 Å². The number of rotatable bonds is 3. The fraction of sp³-hybridized carbons (Fsp3) is 0.800. The Bertz CT molecular complexity index is 276. The van der Waals surface area contributed by atoms with E-state index in [0.717, 1.165) is 17.5 Å². The number of nitrogens with two attached hydrogens (primary N) is 1. The lowest BCUT2D eigenvalue weighted by Crippen LogP contribution is -2.42. The number of carbonyl (C=O) groups is 1. The van der Waals surface area contributed by atoms with Crippen molar-refractivity contribution in [1.82, 2.24) is 5.32 Å². The van der Waals surface area contributed by atoms with Gasteiger partial charge in [0, 0.05) is 18.8 Å². The van der Waals surface area contributed by atoms with Crippen molar-refractivity contribution < 1.29 is 4.79 Å². The summed E-state index contributed by atoms with van der Waals surface area (Å²) in [6, 6.07) is 0. The largest absolute Gasteiger partial charge is 0.369 e. The lowest BCUT2D eigenvalue weighted by molar-refractivity contribution is -0.125. The highest BCUT2D eigenvalue weighted by Gasteiger charge is 2.25. The van der Waals surface area contributed by atoms with E-state index in [4.69, 9.17) is 5.73 Å². The number of hydrogen-bond acceptors (Lipinski definition) is 4. The summed E-state index contributed by atoms with van der Waals surface area (Å²) in [5.41, 5.74) is 4.76. The first-order chi connectivity index (χ1) is 6.92. The predicted molar refractivity (Wildman–Crippen MR) is 64.9 cm³/mol. The Morgan fingerprint density at radius 1 is 1.73 bits per heavy atom. The Balaban J connectivity index is 2.41. The van der Waals surface area contributed by atoms with Crippen LogP contribution < -0.4 is 11.1 Å². The van der Waals surface area contributed by atoms with Crippen molar-refractivity contribution in [3.8, 4) is 0 Å². The van der Waals surface area contributed by atoms with Crippen molar-refractivity contribution in [1.29, 1.82) is 0 Å². The van der Waals surface area contributed by atoms with Crippen LogP contribution in [-0.2, 0) is 4.79 Å². The maximum Gasteiger partial charge on any atom is 0.224 e. The van der Waals surface area contributed by atoms with Gasteiger partial charge in [-0.3, -0.25) is 9.79 Å². The molecular formula is C10H19N3OS. The number of amidine groups is 1. The van der Waals surface area contributed by atoms with Gasteiger partial charge < -0.3 is 11.1 Å². The average Bonchev–Trinajstić information content (AvgIpc) is 2.17. The molecule has 0 bridgehead atoms. The molecule has 0 aromatic carbocycles. The van der Waals surface area contributed by atoms with E-state index >= 15 is 0 Å². The third-order valence-corrected chi connectivity index (χ3v) is 3.68. The third kappa shape index (κ3) is 3.74. The number of thioether (sulfide) groups is 1. The summed E-state index contributed by atoms with van der Waals surface area (Å²) in [5, 5.41) is 4.11. The SMILES string of the molecule is CC1CN=C(NCC(C)(C)C(N)=O)SC1. The second-order valence-corrected chi connectivity index (χ2v) is 5.67. The van der Waals surface area contributed by atoms with Crippen LogP contribution in [-0.4, -0.2) is 29.9 Å².